The first-order valence-electron chi connectivity index (χ1n) is 11.2. The van der Waals surface area contributed by atoms with Crippen molar-refractivity contribution in [3.63, 3.8) is 0 Å². The Morgan fingerprint density at radius 3 is 2.37 bits per heavy atom. The van der Waals surface area contributed by atoms with Crippen LogP contribution in [0.4, 0.5) is 0 Å². The fourth-order valence-electron chi connectivity index (χ4n) is 6.45. The normalized spacial score (nSPS) is 24.9. The molecular weight excluding hydrogens is 380 g/mol. The molecule has 0 saturated carbocycles. The summed E-state index contributed by atoms with van der Waals surface area (Å²) in [5.41, 5.74) is 1.98. The summed E-state index contributed by atoms with van der Waals surface area (Å²) in [7, 11) is 0. The SMILES string of the molecule is O=C(c1ccc2n[nH]nc2c1)N1CC2(CCCN(C(=O)C34CCCN3CCC4)C2)C1. The van der Waals surface area contributed by atoms with E-state index in [0.29, 0.717) is 17.0 Å². The van der Waals surface area contributed by atoms with Gasteiger partial charge in [0.25, 0.3) is 5.91 Å². The van der Waals surface area contributed by atoms with Crippen LogP contribution in [0.1, 0.15) is 48.9 Å². The first-order chi connectivity index (χ1) is 14.6. The second kappa shape index (κ2) is 6.51. The molecule has 158 valence electrons. The predicted octanol–water partition coefficient (Wildman–Crippen LogP) is 1.65. The largest absolute Gasteiger partial charge is 0.340 e. The average molecular weight is 409 g/mol. The first-order valence-corrected chi connectivity index (χ1v) is 11.2. The second-order valence-corrected chi connectivity index (χ2v) is 9.74. The number of aromatic amines is 1. The molecule has 4 aliphatic heterocycles. The summed E-state index contributed by atoms with van der Waals surface area (Å²) >= 11 is 0. The maximum Gasteiger partial charge on any atom is 0.253 e. The van der Waals surface area contributed by atoms with Crippen LogP contribution >= 0.6 is 0 Å². The number of hydrogen-bond acceptors (Lipinski definition) is 5. The number of nitrogens with zero attached hydrogens (tertiary/aromatic N) is 5. The van der Waals surface area contributed by atoms with Crippen molar-refractivity contribution in [3.8, 4) is 0 Å². The van der Waals surface area contributed by atoms with Gasteiger partial charge < -0.3 is 9.80 Å². The molecule has 4 aliphatic rings. The van der Waals surface area contributed by atoms with E-state index >= 15 is 0 Å². The molecule has 30 heavy (non-hydrogen) atoms. The van der Waals surface area contributed by atoms with Crippen LogP contribution in [-0.4, -0.2) is 86.7 Å². The van der Waals surface area contributed by atoms with E-state index in [-0.39, 0.29) is 16.9 Å². The van der Waals surface area contributed by atoms with Crippen LogP contribution in [0.2, 0.25) is 0 Å². The Morgan fingerprint density at radius 1 is 0.867 bits per heavy atom. The van der Waals surface area contributed by atoms with Crippen molar-refractivity contribution in [3.05, 3.63) is 23.8 Å². The number of hydrogen-bond donors (Lipinski definition) is 1. The number of rotatable bonds is 2. The molecule has 0 radical (unpaired) electrons. The highest BCUT2D eigenvalue weighted by Crippen LogP contribution is 2.44. The zero-order valence-corrected chi connectivity index (χ0v) is 17.3. The molecule has 6 rings (SSSR count). The van der Waals surface area contributed by atoms with Crippen LogP contribution in [0.15, 0.2) is 18.2 Å². The molecule has 8 heteroatoms. The summed E-state index contributed by atoms with van der Waals surface area (Å²) in [6.07, 6.45) is 6.45. The molecule has 1 aromatic heterocycles. The van der Waals surface area contributed by atoms with Crippen molar-refractivity contribution in [2.24, 2.45) is 5.41 Å². The molecule has 0 unspecified atom stereocenters. The van der Waals surface area contributed by atoms with Gasteiger partial charge in [0.05, 0.1) is 0 Å². The maximum atomic E-state index is 13.6. The monoisotopic (exact) mass is 408 g/mol. The molecule has 8 nitrogen and oxygen atoms in total. The van der Waals surface area contributed by atoms with Crippen molar-refractivity contribution in [1.82, 2.24) is 30.1 Å². The minimum absolute atomic E-state index is 0.0466. The Morgan fingerprint density at radius 2 is 1.57 bits per heavy atom. The molecule has 2 amide bonds. The quantitative estimate of drug-likeness (QED) is 0.817. The number of piperidine rings is 1. The minimum Gasteiger partial charge on any atom is -0.340 e. The summed E-state index contributed by atoms with van der Waals surface area (Å²) in [6, 6.07) is 5.45. The Balaban J connectivity index is 1.14. The molecule has 2 aromatic rings. The van der Waals surface area contributed by atoms with Crippen molar-refractivity contribution >= 4 is 22.8 Å². The van der Waals surface area contributed by atoms with Gasteiger partial charge in [0.1, 0.15) is 16.6 Å². The molecule has 4 fully saturated rings. The number of aromatic nitrogens is 3. The predicted molar refractivity (Wildman–Crippen MR) is 111 cm³/mol. The number of fused-ring (bicyclic) bond motifs is 2. The van der Waals surface area contributed by atoms with E-state index < -0.39 is 0 Å². The van der Waals surface area contributed by atoms with Crippen molar-refractivity contribution in [2.75, 3.05) is 39.3 Å². The van der Waals surface area contributed by atoms with Crippen molar-refractivity contribution in [1.29, 1.82) is 0 Å². The summed E-state index contributed by atoms with van der Waals surface area (Å²) in [5, 5.41) is 10.7. The highest BCUT2D eigenvalue weighted by molar-refractivity contribution is 5.97. The number of amides is 2. The number of benzene rings is 1. The fourth-order valence-corrected chi connectivity index (χ4v) is 6.45. The smallest absolute Gasteiger partial charge is 0.253 e. The molecule has 0 aliphatic carbocycles. The standard InChI is InChI=1S/C22H28N6O2/c29-19(16-4-5-17-18(12-16)24-25-23-17)27-14-21(15-27)6-1-9-26(13-21)20(30)22-7-2-10-28(22)11-3-8-22/h4-5,12H,1-3,6-11,13-15H2,(H,23,24,25). The first kappa shape index (κ1) is 18.3. The van der Waals surface area contributed by atoms with Gasteiger partial charge in [-0.05, 0) is 69.8 Å². The summed E-state index contributed by atoms with van der Waals surface area (Å²) in [5.74, 6) is 0.406. The lowest BCUT2D eigenvalue weighted by Gasteiger charge is -2.55. The lowest BCUT2D eigenvalue weighted by Crippen LogP contribution is -2.66. The van der Waals surface area contributed by atoms with Crippen LogP contribution in [0.3, 0.4) is 0 Å². The van der Waals surface area contributed by atoms with Crippen molar-refractivity contribution in [2.45, 2.75) is 44.1 Å². The Bertz CT molecular complexity index is 1000. The zero-order valence-electron chi connectivity index (χ0n) is 17.3. The van der Waals surface area contributed by atoms with Crippen LogP contribution in [0.5, 0.6) is 0 Å². The molecule has 5 heterocycles. The van der Waals surface area contributed by atoms with E-state index in [1.165, 1.54) is 0 Å². The zero-order chi connectivity index (χ0) is 20.3. The molecule has 0 atom stereocenters. The van der Waals surface area contributed by atoms with E-state index in [4.69, 9.17) is 0 Å². The van der Waals surface area contributed by atoms with E-state index in [9.17, 15) is 9.59 Å². The molecule has 1 N–H and O–H groups in total. The molecule has 4 saturated heterocycles. The van der Waals surface area contributed by atoms with Crippen molar-refractivity contribution < 1.29 is 9.59 Å². The summed E-state index contributed by atoms with van der Waals surface area (Å²) in [4.78, 5) is 33.0. The fraction of sp³-hybridized carbons (Fsp3) is 0.636. The third kappa shape index (κ3) is 2.62. The lowest BCUT2D eigenvalue weighted by atomic mass is 9.72. The highest BCUT2D eigenvalue weighted by atomic mass is 16.2. The van der Waals surface area contributed by atoms with Gasteiger partial charge in [-0.2, -0.15) is 15.4 Å². The van der Waals surface area contributed by atoms with Gasteiger partial charge in [0, 0.05) is 37.2 Å². The van der Waals surface area contributed by atoms with E-state index in [0.717, 1.165) is 83.3 Å². The van der Waals surface area contributed by atoms with Crippen LogP contribution < -0.4 is 0 Å². The maximum absolute atomic E-state index is 13.6. The molecular formula is C22H28N6O2. The van der Waals surface area contributed by atoms with Gasteiger partial charge in [-0.1, -0.05) is 0 Å². The highest BCUT2D eigenvalue weighted by Gasteiger charge is 2.54. The summed E-state index contributed by atoms with van der Waals surface area (Å²) < 4.78 is 0. The lowest BCUT2D eigenvalue weighted by molar-refractivity contribution is -0.148. The third-order valence-corrected chi connectivity index (χ3v) is 7.89. The van der Waals surface area contributed by atoms with Gasteiger partial charge in [0.2, 0.25) is 5.91 Å². The van der Waals surface area contributed by atoms with Crippen LogP contribution in [0.25, 0.3) is 11.0 Å². The third-order valence-electron chi connectivity index (χ3n) is 7.89. The minimum atomic E-state index is -0.217. The summed E-state index contributed by atoms with van der Waals surface area (Å²) in [6.45, 7) is 5.29. The topological polar surface area (TPSA) is 85.4 Å². The Labute approximate surface area is 175 Å². The number of carbonyl (C=O) groups excluding carboxylic acids is 2. The van der Waals surface area contributed by atoms with Gasteiger partial charge in [0.15, 0.2) is 0 Å². The molecule has 1 aromatic carbocycles. The number of likely N-dealkylation sites (tertiary alicyclic amines) is 2. The Hall–Kier alpha value is -2.48. The van der Waals surface area contributed by atoms with Crippen LogP contribution in [-0.2, 0) is 4.79 Å². The number of carbonyl (C=O) groups is 2. The van der Waals surface area contributed by atoms with E-state index in [2.05, 4.69) is 25.2 Å². The molecule has 0 bridgehead atoms. The second-order valence-electron chi connectivity index (χ2n) is 9.74. The van der Waals surface area contributed by atoms with E-state index in [1.807, 2.05) is 17.0 Å². The average Bonchev–Trinajstić information content (AvgIpc) is 3.45. The number of H-pyrrole nitrogens is 1. The van der Waals surface area contributed by atoms with Gasteiger partial charge >= 0.3 is 0 Å². The van der Waals surface area contributed by atoms with Gasteiger partial charge in [-0.15, -0.1) is 0 Å². The number of nitrogens with one attached hydrogen (secondary N) is 1. The Kier molecular flexibility index (Phi) is 3.97. The van der Waals surface area contributed by atoms with E-state index in [1.54, 1.807) is 6.07 Å². The van der Waals surface area contributed by atoms with Gasteiger partial charge in [-0.25, -0.2) is 0 Å². The van der Waals surface area contributed by atoms with Crippen LogP contribution in [0, 0.1) is 5.41 Å². The molecule has 1 spiro atoms. The van der Waals surface area contributed by atoms with Gasteiger partial charge in [-0.3, -0.25) is 14.5 Å².